The van der Waals surface area contributed by atoms with Crippen molar-refractivity contribution in [2.24, 2.45) is 5.73 Å². The molecule has 1 atom stereocenters. The van der Waals surface area contributed by atoms with E-state index in [1.165, 1.54) is 0 Å². The summed E-state index contributed by atoms with van der Waals surface area (Å²) in [6.07, 6.45) is 2.43. The number of hydrogen-bond donors (Lipinski definition) is 2. The van der Waals surface area contributed by atoms with E-state index >= 15 is 0 Å². The van der Waals surface area contributed by atoms with Crippen molar-refractivity contribution in [3.8, 4) is 0 Å². The Balaban J connectivity index is 2.41. The van der Waals surface area contributed by atoms with Crippen LogP contribution in [0.4, 0.5) is 0 Å². The average Bonchev–Trinajstić information content (AvgIpc) is 2.70. The van der Waals surface area contributed by atoms with Gasteiger partial charge in [-0.15, -0.1) is 0 Å². The Morgan fingerprint density at radius 3 is 2.87 bits per heavy atom. The first-order valence-electron chi connectivity index (χ1n) is 5.14. The molecule has 1 unspecified atom stereocenters. The fourth-order valence-corrected chi connectivity index (χ4v) is 1.87. The zero-order valence-electron chi connectivity index (χ0n) is 8.52. The molecule has 0 radical (unpaired) electrons. The van der Waals surface area contributed by atoms with E-state index in [0.717, 1.165) is 16.5 Å². The zero-order valence-corrected chi connectivity index (χ0v) is 8.52. The van der Waals surface area contributed by atoms with E-state index in [4.69, 9.17) is 15.3 Å². The van der Waals surface area contributed by atoms with Gasteiger partial charge in [-0.05, 0) is 19.0 Å². The van der Waals surface area contributed by atoms with Crippen molar-refractivity contribution < 1.29 is 9.52 Å². The van der Waals surface area contributed by atoms with Gasteiger partial charge in [0.2, 0.25) is 0 Å². The molecule has 1 heterocycles. The minimum atomic E-state index is 0.154. The lowest BCUT2D eigenvalue weighted by Gasteiger charge is -2.11. The first-order valence-corrected chi connectivity index (χ1v) is 5.14. The van der Waals surface area contributed by atoms with Gasteiger partial charge in [-0.2, -0.15) is 0 Å². The van der Waals surface area contributed by atoms with Crippen molar-refractivity contribution in [2.75, 3.05) is 13.2 Å². The van der Waals surface area contributed by atoms with Gasteiger partial charge >= 0.3 is 0 Å². The Hall–Kier alpha value is -1.32. The molecular weight excluding hydrogens is 190 g/mol. The van der Waals surface area contributed by atoms with Crippen LogP contribution in [-0.2, 0) is 0 Å². The smallest absolute Gasteiger partial charge is 0.134 e. The number of furan rings is 1. The Bertz CT molecular complexity index is 436. The molecule has 1 aromatic carbocycles. The number of para-hydroxylation sites is 1. The van der Waals surface area contributed by atoms with Crippen molar-refractivity contribution in [1.82, 2.24) is 0 Å². The van der Waals surface area contributed by atoms with Crippen molar-refractivity contribution in [3.63, 3.8) is 0 Å². The highest BCUT2D eigenvalue weighted by Crippen LogP contribution is 2.28. The third kappa shape index (κ3) is 1.89. The third-order valence-electron chi connectivity index (χ3n) is 2.71. The Labute approximate surface area is 88.5 Å². The second-order valence-corrected chi connectivity index (χ2v) is 3.63. The molecule has 0 spiro atoms. The van der Waals surface area contributed by atoms with E-state index in [0.29, 0.717) is 13.0 Å². The number of rotatable bonds is 4. The molecular formula is C12H15NO2. The largest absolute Gasteiger partial charge is 0.464 e. The Morgan fingerprint density at radius 2 is 2.13 bits per heavy atom. The highest BCUT2D eigenvalue weighted by atomic mass is 16.3. The van der Waals surface area contributed by atoms with Crippen LogP contribution in [0.15, 0.2) is 34.9 Å². The van der Waals surface area contributed by atoms with E-state index < -0.39 is 0 Å². The van der Waals surface area contributed by atoms with E-state index in [1.54, 1.807) is 6.26 Å². The maximum atomic E-state index is 8.95. The topological polar surface area (TPSA) is 59.4 Å². The minimum Gasteiger partial charge on any atom is -0.464 e. The zero-order chi connectivity index (χ0) is 10.7. The maximum Gasteiger partial charge on any atom is 0.134 e. The molecule has 0 saturated carbocycles. The van der Waals surface area contributed by atoms with Gasteiger partial charge in [-0.25, -0.2) is 0 Å². The highest BCUT2D eigenvalue weighted by molar-refractivity contribution is 5.81. The van der Waals surface area contributed by atoms with Gasteiger partial charge in [0.05, 0.1) is 6.26 Å². The SMILES string of the molecule is NCC(CCO)c1coc2ccccc12. The van der Waals surface area contributed by atoms with Gasteiger partial charge in [-0.1, -0.05) is 18.2 Å². The Kier molecular flexibility index (Phi) is 3.04. The standard InChI is InChI=1S/C12H15NO2/c13-7-9(5-6-14)11-8-15-12-4-2-1-3-10(11)12/h1-4,8-9,14H,5-7,13H2. The molecule has 0 bridgehead atoms. The van der Waals surface area contributed by atoms with Crippen LogP contribution in [0.2, 0.25) is 0 Å². The third-order valence-corrected chi connectivity index (χ3v) is 2.71. The maximum absolute atomic E-state index is 8.95. The van der Waals surface area contributed by atoms with Crippen LogP contribution < -0.4 is 5.73 Å². The normalized spacial score (nSPS) is 13.2. The van der Waals surface area contributed by atoms with Gasteiger partial charge in [0.1, 0.15) is 5.58 Å². The van der Waals surface area contributed by atoms with Gasteiger partial charge in [-0.3, -0.25) is 0 Å². The molecule has 2 rings (SSSR count). The molecule has 0 saturated heterocycles. The number of benzene rings is 1. The van der Waals surface area contributed by atoms with E-state index in [9.17, 15) is 0 Å². The first-order chi connectivity index (χ1) is 7.36. The lowest BCUT2D eigenvalue weighted by Crippen LogP contribution is -2.13. The van der Waals surface area contributed by atoms with Gasteiger partial charge < -0.3 is 15.3 Å². The van der Waals surface area contributed by atoms with Gasteiger partial charge in [0, 0.05) is 23.5 Å². The van der Waals surface area contributed by atoms with Crippen LogP contribution in [0, 0.1) is 0 Å². The molecule has 80 valence electrons. The quantitative estimate of drug-likeness (QED) is 0.800. The lowest BCUT2D eigenvalue weighted by atomic mass is 9.96. The van der Waals surface area contributed by atoms with Crippen molar-refractivity contribution in [2.45, 2.75) is 12.3 Å². The summed E-state index contributed by atoms with van der Waals surface area (Å²) in [5, 5.41) is 10.1. The van der Waals surface area contributed by atoms with Crippen LogP contribution in [0.5, 0.6) is 0 Å². The Morgan fingerprint density at radius 1 is 1.33 bits per heavy atom. The number of aliphatic hydroxyl groups is 1. The minimum absolute atomic E-state index is 0.154. The molecule has 0 fully saturated rings. The number of aliphatic hydroxyl groups excluding tert-OH is 1. The monoisotopic (exact) mass is 205 g/mol. The molecule has 0 aliphatic carbocycles. The van der Waals surface area contributed by atoms with Crippen molar-refractivity contribution in [3.05, 3.63) is 36.1 Å². The van der Waals surface area contributed by atoms with E-state index in [-0.39, 0.29) is 12.5 Å². The number of fused-ring (bicyclic) bond motifs is 1. The fraction of sp³-hybridized carbons (Fsp3) is 0.333. The number of hydrogen-bond acceptors (Lipinski definition) is 3. The second kappa shape index (κ2) is 4.47. The summed E-state index contributed by atoms with van der Waals surface area (Å²) in [6.45, 7) is 0.686. The van der Waals surface area contributed by atoms with E-state index in [2.05, 4.69) is 0 Å². The summed E-state index contributed by atoms with van der Waals surface area (Å²) in [5.74, 6) is 0.179. The molecule has 3 N–H and O–H groups in total. The van der Waals surface area contributed by atoms with Gasteiger partial charge in [0.25, 0.3) is 0 Å². The molecule has 15 heavy (non-hydrogen) atoms. The second-order valence-electron chi connectivity index (χ2n) is 3.63. The summed E-state index contributed by atoms with van der Waals surface area (Å²) in [6, 6.07) is 7.88. The molecule has 0 aliphatic rings. The molecule has 3 nitrogen and oxygen atoms in total. The molecule has 2 aromatic rings. The molecule has 0 amide bonds. The summed E-state index contributed by atoms with van der Waals surface area (Å²) in [5.41, 5.74) is 7.67. The van der Waals surface area contributed by atoms with Crippen molar-refractivity contribution >= 4 is 11.0 Å². The van der Waals surface area contributed by atoms with Crippen molar-refractivity contribution in [1.29, 1.82) is 0 Å². The summed E-state index contributed by atoms with van der Waals surface area (Å²) < 4.78 is 5.44. The van der Waals surface area contributed by atoms with Crippen LogP contribution in [-0.4, -0.2) is 18.3 Å². The van der Waals surface area contributed by atoms with Gasteiger partial charge in [0.15, 0.2) is 0 Å². The molecule has 0 aliphatic heterocycles. The molecule has 3 heteroatoms. The predicted molar refractivity (Wildman–Crippen MR) is 59.7 cm³/mol. The lowest BCUT2D eigenvalue weighted by molar-refractivity contribution is 0.276. The molecule has 1 aromatic heterocycles. The van der Waals surface area contributed by atoms with Crippen LogP contribution >= 0.6 is 0 Å². The number of nitrogens with two attached hydrogens (primary N) is 1. The highest BCUT2D eigenvalue weighted by Gasteiger charge is 2.14. The summed E-state index contributed by atoms with van der Waals surface area (Å²) in [4.78, 5) is 0. The first kappa shape index (κ1) is 10.2. The summed E-state index contributed by atoms with van der Waals surface area (Å²) >= 11 is 0. The van der Waals surface area contributed by atoms with Crippen LogP contribution in [0.3, 0.4) is 0 Å². The van der Waals surface area contributed by atoms with Crippen LogP contribution in [0.1, 0.15) is 17.9 Å². The summed E-state index contributed by atoms with van der Waals surface area (Å²) in [7, 11) is 0. The van der Waals surface area contributed by atoms with Crippen LogP contribution in [0.25, 0.3) is 11.0 Å². The van der Waals surface area contributed by atoms with E-state index in [1.807, 2.05) is 24.3 Å². The fourth-order valence-electron chi connectivity index (χ4n) is 1.87. The average molecular weight is 205 g/mol. The predicted octanol–water partition coefficient (Wildman–Crippen LogP) is 1.86.